The van der Waals surface area contributed by atoms with E-state index < -0.39 is 0 Å². The summed E-state index contributed by atoms with van der Waals surface area (Å²) in [7, 11) is 3.28. The summed E-state index contributed by atoms with van der Waals surface area (Å²) < 4.78 is 4.74. The number of carbonyl (C=O) groups excluding carboxylic acids is 1. The number of hydrogen-bond acceptors (Lipinski definition) is 4. The van der Waals surface area contributed by atoms with E-state index in [1.54, 1.807) is 6.07 Å². The van der Waals surface area contributed by atoms with Crippen LogP contribution in [0.15, 0.2) is 18.2 Å². The number of benzene rings is 1. The minimum atomic E-state index is -0.357. The first-order valence-corrected chi connectivity index (χ1v) is 5.89. The largest absolute Gasteiger partial charge is 0.465 e. The van der Waals surface area contributed by atoms with Crippen LogP contribution >= 0.6 is 0 Å². The zero-order valence-corrected chi connectivity index (χ0v) is 11.1. The van der Waals surface area contributed by atoms with Gasteiger partial charge < -0.3 is 15.8 Å². The SMILES string of the molecule is CNCCC=Cc1cc(N)c(C)c(C(=O)OC)c1. The van der Waals surface area contributed by atoms with E-state index in [-0.39, 0.29) is 5.97 Å². The quantitative estimate of drug-likeness (QED) is 0.475. The van der Waals surface area contributed by atoms with Gasteiger partial charge in [-0.2, -0.15) is 0 Å². The molecule has 0 heterocycles. The van der Waals surface area contributed by atoms with Crippen molar-refractivity contribution in [1.29, 1.82) is 0 Å². The van der Waals surface area contributed by atoms with E-state index in [0.717, 1.165) is 24.1 Å². The first kappa shape index (κ1) is 14.3. The zero-order valence-electron chi connectivity index (χ0n) is 11.1. The Morgan fingerprint density at radius 3 is 2.83 bits per heavy atom. The standard InChI is InChI=1S/C14H20N2O2/c1-10-12(14(17)18-3)8-11(9-13(10)15)6-4-5-7-16-2/h4,6,8-9,16H,5,7,15H2,1-3H3. The topological polar surface area (TPSA) is 64.3 Å². The molecule has 0 aliphatic rings. The lowest BCUT2D eigenvalue weighted by atomic mass is 10.0. The van der Waals surface area contributed by atoms with Gasteiger partial charge in [0, 0.05) is 5.69 Å². The van der Waals surface area contributed by atoms with E-state index in [0.29, 0.717) is 11.3 Å². The Balaban J connectivity index is 2.97. The third-order valence-electron chi connectivity index (χ3n) is 2.75. The molecule has 1 aromatic carbocycles. The van der Waals surface area contributed by atoms with Crippen molar-refractivity contribution in [2.75, 3.05) is 26.4 Å². The van der Waals surface area contributed by atoms with Gasteiger partial charge >= 0.3 is 5.97 Å². The van der Waals surface area contributed by atoms with Crippen molar-refractivity contribution < 1.29 is 9.53 Å². The lowest BCUT2D eigenvalue weighted by Gasteiger charge is -2.08. The normalized spacial score (nSPS) is 10.8. The third-order valence-corrected chi connectivity index (χ3v) is 2.75. The minimum Gasteiger partial charge on any atom is -0.465 e. The number of nitrogens with one attached hydrogen (secondary N) is 1. The maximum absolute atomic E-state index is 11.6. The summed E-state index contributed by atoms with van der Waals surface area (Å²) >= 11 is 0. The number of ether oxygens (including phenoxy) is 1. The van der Waals surface area contributed by atoms with E-state index in [1.165, 1.54) is 7.11 Å². The lowest BCUT2D eigenvalue weighted by Crippen LogP contribution is -2.07. The zero-order chi connectivity index (χ0) is 13.5. The van der Waals surface area contributed by atoms with Crippen molar-refractivity contribution >= 4 is 17.7 Å². The van der Waals surface area contributed by atoms with E-state index in [9.17, 15) is 4.79 Å². The first-order valence-electron chi connectivity index (χ1n) is 5.89. The van der Waals surface area contributed by atoms with Crippen LogP contribution in [0.3, 0.4) is 0 Å². The summed E-state index contributed by atoms with van der Waals surface area (Å²) in [5, 5.41) is 3.06. The fourth-order valence-corrected chi connectivity index (χ4v) is 1.63. The highest BCUT2D eigenvalue weighted by molar-refractivity contribution is 5.93. The van der Waals surface area contributed by atoms with Gasteiger partial charge in [-0.15, -0.1) is 0 Å². The summed E-state index contributed by atoms with van der Waals surface area (Å²) in [5.41, 5.74) is 8.68. The number of anilines is 1. The molecule has 3 N–H and O–H groups in total. The van der Waals surface area contributed by atoms with Gasteiger partial charge in [0.2, 0.25) is 0 Å². The van der Waals surface area contributed by atoms with Crippen LogP contribution in [-0.4, -0.2) is 26.7 Å². The Bertz CT molecular complexity index is 453. The van der Waals surface area contributed by atoms with Crippen LogP contribution in [0.25, 0.3) is 6.08 Å². The van der Waals surface area contributed by atoms with Crippen LogP contribution < -0.4 is 11.1 Å². The molecular formula is C14H20N2O2. The predicted octanol–water partition coefficient (Wildman–Crippen LogP) is 1.99. The van der Waals surface area contributed by atoms with Crippen molar-refractivity contribution in [2.24, 2.45) is 0 Å². The summed E-state index contributed by atoms with van der Waals surface area (Å²) in [5.74, 6) is -0.357. The van der Waals surface area contributed by atoms with Gasteiger partial charge in [0.1, 0.15) is 0 Å². The Hall–Kier alpha value is -1.81. The highest BCUT2D eigenvalue weighted by atomic mass is 16.5. The van der Waals surface area contributed by atoms with Crippen LogP contribution in [0, 0.1) is 6.92 Å². The van der Waals surface area contributed by atoms with Crippen molar-refractivity contribution in [3.63, 3.8) is 0 Å². The number of esters is 1. The molecule has 0 aromatic heterocycles. The molecule has 0 aliphatic heterocycles. The van der Waals surface area contributed by atoms with E-state index in [2.05, 4.69) is 5.32 Å². The number of rotatable bonds is 5. The molecular weight excluding hydrogens is 228 g/mol. The lowest BCUT2D eigenvalue weighted by molar-refractivity contribution is 0.0600. The van der Waals surface area contributed by atoms with E-state index >= 15 is 0 Å². The molecule has 4 nitrogen and oxygen atoms in total. The van der Waals surface area contributed by atoms with Gasteiger partial charge in [0.25, 0.3) is 0 Å². The highest BCUT2D eigenvalue weighted by Gasteiger charge is 2.11. The smallest absolute Gasteiger partial charge is 0.338 e. The Labute approximate surface area is 108 Å². The Morgan fingerprint density at radius 2 is 2.22 bits per heavy atom. The Kier molecular flexibility index (Phi) is 5.39. The van der Waals surface area contributed by atoms with Crippen molar-refractivity contribution in [3.05, 3.63) is 34.9 Å². The summed E-state index contributed by atoms with van der Waals surface area (Å²) in [6.45, 7) is 2.73. The highest BCUT2D eigenvalue weighted by Crippen LogP contribution is 2.20. The number of nitrogen functional groups attached to an aromatic ring is 1. The molecule has 0 bridgehead atoms. The monoisotopic (exact) mass is 248 g/mol. The molecule has 0 atom stereocenters. The van der Waals surface area contributed by atoms with Crippen LogP contribution in [0.1, 0.15) is 27.9 Å². The Morgan fingerprint density at radius 1 is 1.50 bits per heavy atom. The molecule has 1 rings (SSSR count). The van der Waals surface area contributed by atoms with E-state index in [1.807, 2.05) is 32.2 Å². The maximum Gasteiger partial charge on any atom is 0.338 e. The molecule has 0 fully saturated rings. The van der Waals surface area contributed by atoms with Gasteiger partial charge in [0.05, 0.1) is 12.7 Å². The molecule has 98 valence electrons. The number of carbonyl (C=O) groups is 1. The molecule has 0 unspecified atom stereocenters. The van der Waals surface area contributed by atoms with Crippen LogP contribution in [0.4, 0.5) is 5.69 Å². The predicted molar refractivity (Wildman–Crippen MR) is 74.5 cm³/mol. The average molecular weight is 248 g/mol. The van der Waals surface area contributed by atoms with Crippen molar-refractivity contribution in [2.45, 2.75) is 13.3 Å². The molecule has 1 aromatic rings. The molecule has 0 radical (unpaired) electrons. The second kappa shape index (κ2) is 6.81. The first-order chi connectivity index (χ1) is 8.60. The molecule has 0 saturated heterocycles. The van der Waals surface area contributed by atoms with Crippen LogP contribution in [0.5, 0.6) is 0 Å². The number of methoxy groups -OCH3 is 1. The fourth-order valence-electron chi connectivity index (χ4n) is 1.63. The average Bonchev–Trinajstić information content (AvgIpc) is 2.37. The van der Waals surface area contributed by atoms with Gasteiger partial charge in [0.15, 0.2) is 0 Å². The number of nitrogens with two attached hydrogens (primary N) is 1. The second-order valence-electron chi connectivity index (χ2n) is 4.07. The van der Waals surface area contributed by atoms with Gasteiger partial charge in [-0.25, -0.2) is 4.79 Å². The van der Waals surface area contributed by atoms with Crippen LogP contribution in [-0.2, 0) is 4.74 Å². The van der Waals surface area contributed by atoms with Gasteiger partial charge in [-0.05, 0) is 50.2 Å². The molecule has 0 aliphatic carbocycles. The van der Waals surface area contributed by atoms with E-state index in [4.69, 9.17) is 10.5 Å². The maximum atomic E-state index is 11.6. The summed E-state index contributed by atoms with van der Waals surface area (Å²) in [4.78, 5) is 11.6. The molecule has 4 heteroatoms. The molecule has 18 heavy (non-hydrogen) atoms. The number of hydrogen-bond donors (Lipinski definition) is 2. The minimum absolute atomic E-state index is 0.357. The fraction of sp³-hybridized carbons (Fsp3) is 0.357. The molecule has 0 amide bonds. The summed E-state index contributed by atoms with van der Waals surface area (Å²) in [6.07, 6.45) is 4.93. The molecule has 0 spiro atoms. The van der Waals surface area contributed by atoms with Crippen LogP contribution in [0.2, 0.25) is 0 Å². The van der Waals surface area contributed by atoms with Gasteiger partial charge in [-0.3, -0.25) is 0 Å². The second-order valence-corrected chi connectivity index (χ2v) is 4.07. The third kappa shape index (κ3) is 3.60. The summed E-state index contributed by atoms with van der Waals surface area (Å²) in [6, 6.07) is 3.66. The van der Waals surface area contributed by atoms with Crippen molar-refractivity contribution in [3.8, 4) is 0 Å². The molecule has 0 saturated carbocycles. The van der Waals surface area contributed by atoms with Crippen molar-refractivity contribution in [1.82, 2.24) is 5.32 Å². The van der Waals surface area contributed by atoms with Gasteiger partial charge in [-0.1, -0.05) is 12.2 Å².